The van der Waals surface area contributed by atoms with E-state index in [0.29, 0.717) is 38.0 Å². The van der Waals surface area contributed by atoms with Crippen LogP contribution in [0.25, 0.3) is 0 Å². The summed E-state index contributed by atoms with van der Waals surface area (Å²) < 4.78 is 34.7. The molecule has 3 rings (SSSR count). The van der Waals surface area contributed by atoms with Gasteiger partial charge in [-0.25, -0.2) is 0 Å². The largest absolute Gasteiger partial charge is 0.493 e. The third-order valence-corrected chi connectivity index (χ3v) is 6.10. The Morgan fingerprint density at radius 1 is 1.09 bits per heavy atom. The molecule has 0 atom stereocenters. The second kappa shape index (κ2) is 11.1. The van der Waals surface area contributed by atoms with E-state index in [0.717, 1.165) is 11.3 Å². The van der Waals surface area contributed by atoms with Crippen molar-refractivity contribution in [3.05, 3.63) is 75.1 Å². The van der Waals surface area contributed by atoms with Gasteiger partial charge in [0, 0.05) is 6.54 Å². The summed E-state index contributed by atoms with van der Waals surface area (Å²) in [5.41, 5.74) is 1.75. The molecule has 174 valence electrons. The number of halogens is 3. The van der Waals surface area contributed by atoms with Crippen LogP contribution in [0.2, 0.25) is 5.02 Å². The number of benzene rings is 2. The predicted octanol–water partition coefficient (Wildman–Crippen LogP) is 5.54. The summed E-state index contributed by atoms with van der Waals surface area (Å²) in [6.45, 7) is -0.922. The van der Waals surface area contributed by atoms with Crippen LogP contribution in [0.5, 0.6) is 11.5 Å². The summed E-state index contributed by atoms with van der Waals surface area (Å²) in [5, 5.41) is 6.41. The first-order valence-electron chi connectivity index (χ1n) is 9.84. The zero-order valence-corrected chi connectivity index (χ0v) is 19.4. The average molecular weight is 495 g/mol. The van der Waals surface area contributed by atoms with Gasteiger partial charge in [-0.1, -0.05) is 29.8 Å². The molecule has 0 aliphatic heterocycles. The minimum absolute atomic E-state index is 0.0654. The van der Waals surface area contributed by atoms with Gasteiger partial charge in [-0.05, 0) is 54.8 Å². The van der Waals surface area contributed by atoms with Crippen molar-refractivity contribution in [1.29, 1.82) is 0 Å². The van der Waals surface area contributed by atoms with Gasteiger partial charge in [-0.3, -0.25) is 9.59 Å². The van der Waals surface area contributed by atoms with Crippen molar-refractivity contribution in [2.24, 2.45) is 0 Å². The topological polar surface area (TPSA) is 76.7 Å². The highest BCUT2D eigenvalue weighted by Gasteiger charge is 2.17. The summed E-state index contributed by atoms with van der Waals surface area (Å²) >= 11 is 7.21. The molecule has 2 amide bonds. The van der Waals surface area contributed by atoms with Crippen molar-refractivity contribution in [3.8, 4) is 11.5 Å². The number of ether oxygens (including phenoxy) is 2. The van der Waals surface area contributed by atoms with Crippen LogP contribution in [0.3, 0.4) is 0 Å². The van der Waals surface area contributed by atoms with Crippen LogP contribution < -0.4 is 20.1 Å². The standard InChI is InChI=1S/C23H21ClF2N2O4S/c1-13-11-19(28-21(29)15-5-3-4-6-16(15)24)33-20(13)22(30)27-10-9-14-7-8-17(31-2)18(12-14)32-23(25)26/h3-8,11-12,23H,9-10H2,1-2H3,(H,27,30)(H,28,29). The maximum Gasteiger partial charge on any atom is 0.387 e. The monoisotopic (exact) mass is 494 g/mol. The van der Waals surface area contributed by atoms with Gasteiger partial charge in [0.1, 0.15) is 0 Å². The molecule has 1 heterocycles. The first-order chi connectivity index (χ1) is 15.8. The zero-order chi connectivity index (χ0) is 24.0. The molecular weight excluding hydrogens is 474 g/mol. The van der Waals surface area contributed by atoms with E-state index in [2.05, 4.69) is 15.4 Å². The summed E-state index contributed by atoms with van der Waals surface area (Å²) in [5.74, 6) is -0.531. The molecule has 0 saturated heterocycles. The van der Waals surface area contributed by atoms with Crippen molar-refractivity contribution in [2.75, 3.05) is 19.0 Å². The van der Waals surface area contributed by atoms with Gasteiger partial charge in [0.15, 0.2) is 11.5 Å². The number of carbonyl (C=O) groups excluding carboxylic acids is 2. The molecule has 0 fully saturated rings. The van der Waals surface area contributed by atoms with Crippen molar-refractivity contribution >= 4 is 39.8 Å². The molecule has 0 aliphatic carbocycles. The Bertz CT molecular complexity index is 1150. The Balaban J connectivity index is 1.60. The fraction of sp³-hybridized carbons (Fsp3) is 0.217. The second-order valence-electron chi connectivity index (χ2n) is 6.93. The number of alkyl halides is 2. The first-order valence-corrected chi connectivity index (χ1v) is 11.0. The van der Waals surface area contributed by atoms with Crippen LogP contribution in [0.1, 0.15) is 31.2 Å². The summed E-state index contributed by atoms with van der Waals surface area (Å²) in [7, 11) is 1.36. The summed E-state index contributed by atoms with van der Waals surface area (Å²) in [6.07, 6.45) is 0.399. The van der Waals surface area contributed by atoms with Crippen LogP contribution in [-0.2, 0) is 6.42 Å². The van der Waals surface area contributed by atoms with E-state index in [1.807, 2.05) is 0 Å². The molecule has 10 heteroatoms. The van der Waals surface area contributed by atoms with E-state index < -0.39 is 6.61 Å². The van der Waals surface area contributed by atoms with E-state index >= 15 is 0 Å². The minimum Gasteiger partial charge on any atom is -0.493 e. The normalized spacial score (nSPS) is 10.7. The van der Waals surface area contributed by atoms with E-state index in [-0.39, 0.29) is 29.9 Å². The van der Waals surface area contributed by atoms with E-state index in [1.54, 1.807) is 43.3 Å². The second-order valence-corrected chi connectivity index (χ2v) is 8.39. The summed E-state index contributed by atoms with van der Waals surface area (Å²) in [4.78, 5) is 25.5. The average Bonchev–Trinajstić information content (AvgIpc) is 3.13. The smallest absolute Gasteiger partial charge is 0.387 e. The Kier molecular flexibility index (Phi) is 8.24. The van der Waals surface area contributed by atoms with Gasteiger partial charge in [0.05, 0.1) is 27.6 Å². The number of amides is 2. The quantitative estimate of drug-likeness (QED) is 0.409. The van der Waals surface area contributed by atoms with Gasteiger partial charge in [-0.2, -0.15) is 8.78 Å². The number of nitrogens with one attached hydrogen (secondary N) is 2. The number of rotatable bonds is 9. The van der Waals surface area contributed by atoms with Gasteiger partial charge in [0.25, 0.3) is 11.8 Å². The predicted molar refractivity (Wildman–Crippen MR) is 124 cm³/mol. The van der Waals surface area contributed by atoms with Crippen molar-refractivity contribution < 1.29 is 27.8 Å². The lowest BCUT2D eigenvalue weighted by atomic mass is 10.1. The van der Waals surface area contributed by atoms with E-state index in [4.69, 9.17) is 16.3 Å². The molecule has 0 bridgehead atoms. The molecule has 3 aromatic rings. The van der Waals surface area contributed by atoms with Crippen LogP contribution in [0.4, 0.5) is 13.8 Å². The molecule has 0 radical (unpaired) electrons. The van der Waals surface area contributed by atoms with Crippen LogP contribution in [-0.4, -0.2) is 32.1 Å². The van der Waals surface area contributed by atoms with Gasteiger partial charge in [-0.15, -0.1) is 11.3 Å². The lowest BCUT2D eigenvalue weighted by Gasteiger charge is -2.12. The molecule has 6 nitrogen and oxygen atoms in total. The van der Waals surface area contributed by atoms with Gasteiger partial charge in [0.2, 0.25) is 0 Å². The Labute approximate surface area is 198 Å². The number of hydrogen-bond acceptors (Lipinski definition) is 5. The third-order valence-electron chi connectivity index (χ3n) is 4.62. The fourth-order valence-corrected chi connectivity index (χ4v) is 4.26. The number of methoxy groups -OCH3 is 1. The lowest BCUT2D eigenvalue weighted by Crippen LogP contribution is -2.25. The molecule has 1 aromatic heterocycles. The molecular formula is C23H21ClF2N2O4S. The van der Waals surface area contributed by atoms with Crippen LogP contribution in [0, 0.1) is 6.92 Å². The summed E-state index contributed by atoms with van der Waals surface area (Å²) in [6, 6.07) is 13.1. The molecule has 0 saturated carbocycles. The van der Waals surface area contributed by atoms with Crippen LogP contribution >= 0.6 is 22.9 Å². The molecule has 0 unspecified atom stereocenters. The van der Waals surface area contributed by atoms with Gasteiger partial charge >= 0.3 is 6.61 Å². The number of aryl methyl sites for hydroxylation is 1. The third kappa shape index (κ3) is 6.43. The highest BCUT2D eigenvalue weighted by atomic mass is 35.5. The van der Waals surface area contributed by atoms with Gasteiger partial charge < -0.3 is 20.1 Å². The lowest BCUT2D eigenvalue weighted by molar-refractivity contribution is -0.0512. The number of carbonyl (C=O) groups is 2. The Morgan fingerprint density at radius 3 is 2.55 bits per heavy atom. The molecule has 33 heavy (non-hydrogen) atoms. The van der Waals surface area contributed by atoms with Crippen molar-refractivity contribution in [1.82, 2.24) is 5.32 Å². The molecule has 2 N–H and O–H groups in total. The SMILES string of the molecule is COc1ccc(CCNC(=O)c2sc(NC(=O)c3ccccc3Cl)cc2C)cc1OC(F)F. The van der Waals surface area contributed by atoms with Crippen molar-refractivity contribution in [2.45, 2.75) is 20.0 Å². The van der Waals surface area contributed by atoms with Crippen LogP contribution in [0.15, 0.2) is 48.5 Å². The van der Waals surface area contributed by atoms with Crippen molar-refractivity contribution in [3.63, 3.8) is 0 Å². The number of hydrogen-bond donors (Lipinski definition) is 2. The maximum atomic E-state index is 12.6. The first kappa shape index (κ1) is 24.5. The minimum atomic E-state index is -2.97. The number of thiophene rings is 1. The number of anilines is 1. The maximum absolute atomic E-state index is 12.6. The Hall–Kier alpha value is -3.17. The molecule has 2 aromatic carbocycles. The van der Waals surface area contributed by atoms with E-state index in [9.17, 15) is 18.4 Å². The Morgan fingerprint density at radius 2 is 1.85 bits per heavy atom. The zero-order valence-electron chi connectivity index (χ0n) is 17.8. The molecule has 0 spiro atoms. The highest BCUT2D eigenvalue weighted by molar-refractivity contribution is 7.18. The van der Waals surface area contributed by atoms with E-state index in [1.165, 1.54) is 19.2 Å². The highest BCUT2D eigenvalue weighted by Crippen LogP contribution is 2.30. The fourth-order valence-electron chi connectivity index (χ4n) is 3.06. The molecule has 0 aliphatic rings.